The maximum atomic E-state index is 9.78. The molecule has 0 aromatic heterocycles. The Kier molecular flexibility index (Phi) is 3.61. The third kappa shape index (κ3) is 2.40. The summed E-state index contributed by atoms with van der Waals surface area (Å²) in [5.74, 6) is 0.151. The molecule has 3 heteroatoms. The van der Waals surface area contributed by atoms with Crippen molar-refractivity contribution in [1.29, 1.82) is 0 Å². The number of hydrogen-bond donors (Lipinski definition) is 3. The number of allylic oxidation sites excluding steroid dienone is 1. The molecule has 1 unspecified atom stereocenters. The molecule has 0 bridgehead atoms. The molecule has 1 atom stereocenters. The Morgan fingerprint density at radius 3 is 2.35 bits per heavy atom. The van der Waals surface area contributed by atoms with Crippen molar-refractivity contribution in [2.45, 2.75) is 12.3 Å². The standard InChI is InChI=1S/C14H16O3/c15-8-12-6-11(7-13(9-16)14(12)17)10-4-2-1-3-5-10/h1-6,11,15-17H,7-9H2. The van der Waals surface area contributed by atoms with Crippen LogP contribution in [0.1, 0.15) is 17.9 Å². The van der Waals surface area contributed by atoms with Crippen molar-refractivity contribution in [3.05, 3.63) is 58.9 Å². The molecule has 0 amide bonds. The van der Waals surface area contributed by atoms with Crippen LogP contribution in [-0.2, 0) is 0 Å². The van der Waals surface area contributed by atoms with Gasteiger partial charge in [0.2, 0.25) is 0 Å². The zero-order chi connectivity index (χ0) is 12.3. The van der Waals surface area contributed by atoms with Gasteiger partial charge in [0.1, 0.15) is 5.76 Å². The Labute approximate surface area is 100 Å². The first-order valence-electron chi connectivity index (χ1n) is 5.65. The smallest absolute Gasteiger partial charge is 0.122 e. The summed E-state index contributed by atoms with van der Waals surface area (Å²) in [4.78, 5) is 0. The fourth-order valence-corrected chi connectivity index (χ4v) is 2.15. The maximum absolute atomic E-state index is 9.78. The molecule has 0 fully saturated rings. The summed E-state index contributed by atoms with van der Waals surface area (Å²) >= 11 is 0. The van der Waals surface area contributed by atoms with E-state index >= 15 is 0 Å². The quantitative estimate of drug-likeness (QED) is 0.746. The van der Waals surface area contributed by atoms with E-state index in [2.05, 4.69) is 0 Å². The van der Waals surface area contributed by atoms with Gasteiger partial charge in [-0.05, 0) is 17.6 Å². The maximum Gasteiger partial charge on any atom is 0.122 e. The number of aliphatic hydroxyl groups is 3. The zero-order valence-corrected chi connectivity index (χ0v) is 9.50. The van der Waals surface area contributed by atoms with E-state index < -0.39 is 0 Å². The third-order valence-corrected chi connectivity index (χ3v) is 3.10. The minimum Gasteiger partial charge on any atom is -0.508 e. The highest BCUT2D eigenvalue weighted by Crippen LogP contribution is 2.33. The van der Waals surface area contributed by atoms with Crippen LogP contribution in [0.4, 0.5) is 0 Å². The minimum atomic E-state index is -0.210. The van der Waals surface area contributed by atoms with E-state index in [1.165, 1.54) is 0 Å². The molecule has 17 heavy (non-hydrogen) atoms. The lowest BCUT2D eigenvalue weighted by molar-refractivity contribution is 0.288. The second kappa shape index (κ2) is 5.17. The molecule has 1 aliphatic carbocycles. The normalized spacial score (nSPS) is 20.4. The van der Waals surface area contributed by atoms with Crippen molar-refractivity contribution in [1.82, 2.24) is 0 Å². The van der Waals surface area contributed by atoms with E-state index in [-0.39, 0.29) is 24.9 Å². The van der Waals surface area contributed by atoms with Gasteiger partial charge in [0.15, 0.2) is 0 Å². The Morgan fingerprint density at radius 1 is 1.06 bits per heavy atom. The lowest BCUT2D eigenvalue weighted by atomic mass is 9.85. The fraction of sp³-hybridized carbons (Fsp3) is 0.286. The number of benzene rings is 1. The van der Waals surface area contributed by atoms with Crippen LogP contribution in [0.2, 0.25) is 0 Å². The SMILES string of the molecule is OCC1=CC(c2ccccc2)CC(CO)=C1O. The molecule has 2 rings (SSSR count). The molecule has 0 saturated carbocycles. The van der Waals surface area contributed by atoms with Crippen LogP contribution in [0, 0.1) is 0 Å². The highest BCUT2D eigenvalue weighted by Gasteiger charge is 2.21. The molecule has 0 radical (unpaired) electrons. The van der Waals surface area contributed by atoms with Gasteiger partial charge in [-0.3, -0.25) is 0 Å². The lowest BCUT2D eigenvalue weighted by Crippen LogP contribution is -2.13. The number of aliphatic hydroxyl groups excluding tert-OH is 3. The topological polar surface area (TPSA) is 60.7 Å². The Bertz CT molecular complexity index is 446. The minimum absolute atomic E-state index is 0.0437. The predicted molar refractivity (Wildman–Crippen MR) is 65.7 cm³/mol. The molecule has 1 aromatic rings. The van der Waals surface area contributed by atoms with Crippen molar-refractivity contribution >= 4 is 0 Å². The molecular formula is C14H16O3. The predicted octanol–water partition coefficient (Wildman–Crippen LogP) is 1.90. The average Bonchev–Trinajstić information content (AvgIpc) is 2.40. The van der Waals surface area contributed by atoms with Crippen LogP contribution >= 0.6 is 0 Å². The Balaban J connectivity index is 2.33. The van der Waals surface area contributed by atoms with Gasteiger partial charge in [-0.1, -0.05) is 36.4 Å². The van der Waals surface area contributed by atoms with E-state index in [4.69, 9.17) is 0 Å². The Hall–Kier alpha value is -1.58. The van der Waals surface area contributed by atoms with Gasteiger partial charge in [0.25, 0.3) is 0 Å². The molecule has 0 spiro atoms. The van der Waals surface area contributed by atoms with E-state index in [1.54, 1.807) is 0 Å². The van der Waals surface area contributed by atoms with Crippen molar-refractivity contribution < 1.29 is 15.3 Å². The molecule has 90 valence electrons. The number of rotatable bonds is 3. The first-order valence-corrected chi connectivity index (χ1v) is 5.65. The molecule has 1 aliphatic rings. The van der Waals surface area contributed by atoms with Crippen LogP contribution in [0.5, 0.6) is 0 Å². The van der Waals surface area contributed by atoms with Gasteiger partial charge in [-0.25, -0.2) is 0 Å². The van der Waals surface area contributed by atoms with Crippen molar-refractivity contribution in [3.63, 3.8) is 0 Å². The van der Waals surface area contributed by atoms with Crippen LogP contribution in [0.3, 0.4) is 0 Å². The van der Waals surface area contributed by atoms with Crippen molar-refractivity contribution in [2.75, 3.05) is 13.2 Å². The molecule has 0 heterocycles. The molecule has 3 N–H and O–H groups in total. The molecular weight excluding hydrogens is 216 g/mol. The van der Waals surface area contributed by atoms with Crippen molar-refractivity contribution in [2.24, 2.45) is 0 Å². The van der Waals surface area contributed by atoms with Crippen LogP contribution in [0.25, 0.3) is 0 Å². The Morgan fingerprint density at radius 2 is 1.76 bits per heavy atom. The summed E-state index contributed by atoms with van der Waals surface area (Å²) in [5, 5.41) is 28.2. The largest absolute Gasteiger partial charge is 0.508 e. The van der Waals surface area contributed by atoms with Gasteiger partial charge >= 0.3 is 0 Å². The summed E-state index contributed by atoms with van der Waals surface area (Å²) in [6.07, 6.45) is 2.46. The first kappa shape index (κ1) is 11.9. The summed E-state index contributed by atoms with van der Waals surface area (Å²) in [6.45, 7) is -0.384. The molecule has 1 aromatic carbocycles. The van der Waals surface area contributed by atoms with E-state index in [0.717, 1.165) is 5.56 Å². The fourth-order valence-electron chi connectivity index (χ4n) is 2.15. The monoisotopic (exact) mass is 232 g/mol. The van der Waals surface area contributed by atoms with Gasteiger partial charge in [-0.2, -0.15) is 0 Å². The van der Waals surface area contributed by atoms with Crippen LogP contribution < -0.4 is 0 Å². The summed E-state index contributed by atoms with van der Waals surface area (Å²) in [7, 11) is 0. The first-order chi connectivity index (χ1) is 8.26. The van der Waals surface area contributed by atoms with Gasteiger partial charge in [-0.15, -0.1) is 0 Å². The third-order valence-electron chi connectivity index (χ3n) is 3.10. The van der Waals surface area contributed by atoms with Gasteiger partial charge < -0.3 is 15.3 Å². The second-order valence-corrected chi connectivity index (χ2v) is 4.18. The van der Waals surface area contributed by atoms with E-state index in [9.17, 15) is 15.3 Å². The number of hydrogen-bond acceptors (Lipinski definition) is 3. The molecule has 0 aliphatic heterocycles. The van der Waals surface area contributed by atoms with Crippen LogP contribution in [0.15, 0.2) is 53.3 Å². The summed E-state index contributed by atoms with van der Waals surface area (Å²) in [6, 6.07) is 9.88. The van der Waals surface area contributed by atoms with Crippen molar-refractivity contribution in [3.8, 4) is 0 Å². The average molecular weight is 232 g/mol. The molecule has 0 saturated heterocycles. The van der Waals surface area contributed by atoms with Gasteiger partial charge in [0.05, 0.1) is 13.2 Å². The summed E-state index contributed by atoms with van der Waals surface area (Å²) in [5.41, 5.74) is 2.21. The van der Waals surface area contributed by atoms with Crippen LogP contribution in [-0.4, -0.2) is 28.5 Å². The highest BCUT2D eigenvalue weighted by atomic mass is 16.3. The lowest BCUT2D eigenvalue weighted by Gasteiger charge is -2.23. The van der Waals surface area contributed by atoms with E-state index in [1.807, 2.05) is 36.4 Å². The van der Waals surface area contributed by atoms with E-state index in [0.29, 0.717) is 17.6 Å². The zero-order valence-electron chi connectivity index (χ0n) is 9.50. The second-order valence-electron chi connectivity index (χ2n) is 4.18. The summed E-state index contributed by atoms with van der Waals surface area (Å²) < 4.78 is 0. The molecule has 3 nitrogen and oxygen atoms in total. The highest BCUT2D eigenvalue weighted by molar-refractivity contribution is 5.40. The van der Waals surface area contributed by atoms with Gasteiger partial charge in [0, 0.05) is 11.5 Å².